The van der Waals surface area contributed by atoms with Crippen molar-refractivity contribution >= 4 is 17.5 Å². The van der Waals surface area contributed by atoms with Gasteiger partial charge < -0.3 is 16.1 Å². The minimum absolute atomic E-state index is 0.107. The lowest BCUT2D eigenvalue weighted by Crippen LogP contribution is -2.42. The Labute approximate surface area is 112 Å². The van der Waals surface area contributed by atoms with Gasteiger partial charge in [0.05, 0.1) is 0 Å². The Bertz CT molecular complexity index is 466. The standard InChI is InChI=1S/C12H20N6O/c1-3-9-16-11(7(2)12(17-9)18-13)15-8-4-5-10(19)14-6-8/h8H,3-6,13H2,1-2H3,(H,14,19)(H2,15,16,17,18). The molecular weight excluding hydrogens is 244 g/mol. The molecule has 1 aliphatic rings. The topological polar surface area (TPSA) is 105 Å². The van der Waals surface area contributed by atoms with Gasteiger partial charge in [-0.05, 0) is 13.3 Å². The largest absolute Gasteiger partial charge is 0.365 e. The van der Waals surface area contributed by atoms with E-state index in [4.69, 9.17) is 5.84 Å². The summed E-state index contributed by atoms with van der Waals surface area (Å²) in [4.78, 5) is 19.9. The van der Waals surface area contributed by atoms with Crippen LogP contribution in [0.5, 0.6) is 0 Å². The first-order valence-corrected chi connectivity index (χ1v) is 6.51. The van der Waals surface area contributed by atoms with Crippen molar-refractivity contribution in [2.75, 3.05) is 17.3 Å². The number of aryl methyl sites for hydroxylation is 1. The minimum atomic E-state index is 0.107. The van der Waals surface area contributed by atoms with Crippen LogP contribution in [0.4, 0.5) is 11.6 Å². The summed E-state index contributed by atoms with van der Waals surface area (Å²) in [7, 11) is 0. The van der Waals surface area contributed by atoms with E-state index in [9.17, 15) is 4.79 Å². The maximum Gasteiger partial charge on any atom is 0.220 e. The number of hydrogen-bond donors (Lipinski definition) is 4. The van der Waals surface area contributed by atoms with E-state index in [1.165, 1.54) is 0 Å². The molecule has 5 N–H and O–H groups in total. The molecule has 1 aromatic heterocycles. The lowest BCUT2D eigenvalue weighted by molar-refractivity contribution is -0.122. The monoisotopic (exact) mass is 264 g/mol. The SMILES string of the molecule is CCc1nc(NN)c(C)c(NC2CCC(=O)NC2)n1. The zero-order chi connectivity index (χ0) is 13.8. The maximum atomic E-state index is 11.1. The lowest BCUT2D eigenvalue weighted by atomic mass is 10.1. The molecule has 104 valence electrons. The fourth-order valence-electron chi connectivity index (χ4n) is 2.05. The Morgan fingerprint density at radius 1 is 1.42 bits per heavy atom. The molecule has 0 spiro atoms. The molecule has 0 aliphatic carbocycles. The van der Waals surface area contributed by atoms with E-state index in [1.807, 2.05) is 13.8 Å². The van der Waals surface area contributed by atoms with Crippen molar-refractivity contribution in [2.24, 2.45) is 5.84 Å². The lowest BCUT2D eigenvalue weighted by Gasteiger charge is -2.25. The molecule has 1 aromatic rings. The first kappa shape index (κ1) is 13.5. The third kappa shape index (κ3) is 3.11. The van der Waals surface area contributed by atoms with Crippen molar-refractivity contribution in [2.45, 2.75) is 39.2 Å². The van der Waals surface area contributed by atoms with Crippen molar-refractivity contribution in [3.63, 3.8) is 0 Å². The quantitative estimate of drug-likeness (QED) is 0.461. The van der Waals surface area contributed by atoms with Crippen LogP contribution in [0.3, 0.4) is 0 Å². The zero-order valence-corrected chi connectivity index (χ0v) is 11.3. The molecule has 1 aliphatic heterocycles. The van der Waals surface area contributed by atoms with Gasteiger partial charge in [-0.1, -0.05) is 6.92 Å². The van der Waals surface area contributed by atoms with Crippen LogP contribution in [0.15, 0.2) is 0 Å². The summed E-state index contributed by atoms with van der Waals surface area (Å²) in [5, 5.41) is 6.20. The zero-order valence-electron chi connectivity index (χ0n) is 11.3. The molecule has 0 aromatic carbocycles. The Kier molecular flexibility index (Phi) is 4.16. The van der Waals surface area contributed by atoms with E-state index in [0.717, 1.165) is 30.0 Å². The van der Waals surface area contributed by atoms with Crippen LogP contribution < -0.4 is 21.9 Å². The van der Waals surface area contributed by atoms with Crippen LogP contribution in [-0.2, 0) is 11.2 Å². The molecule has 0 radical (unpaired) electrons. The number of carbonyl (C=O) groups is 1. The van der Waals surface area contributed by atoms with E-state index in [1.54, 1.807) is 0 Å². The van der Waals surface area contributed by atoms with Gasteiger partial charge in [0.15, 0.2) is 0 Å². The number of nitrogen functional groups attached to an aromatic ring is 1. The summed E-state index contributed by atoms with van der Waals surface area (Å²) in [6, 6.07) is 0.196. The van der Waals surface area contributed by atoms with Gasteiger partial charge in [-0.2, -0.15) is 0 Å². The summed E-state index contributed by atoms with van der Waals surface area (Å²) in [5.41, 5.74) is 3.48. The summed E-state index contributed by atoms with van der Waals surface area (Å²) in [6.07, 6.45) is 2.09. The average Bonchev–Trinajstić information content (AvgIpc) is 2.43. The first-order chi connectivity index (χ1) is 9.13. The Morgan fingerprint density at radius 2 is 2.16 bits per heavy atom. The van der Waals surface area contributed by atoms with Crippen molar-refractivity contribution in [1.29, 1.82) is 0 Å². The van der Waals surface area contributed by atoms with Crippen LogP contribution in [0.25, 0.3) is 0 Å². The van der Waals surface area contributed by atoms with Crippen molar-refractivity contribution in [3.05, 3.63) is 11.4 Å². The van der Waals surface area contributed by atoms with Crippen molar-refractivity contribution < 1.29 is 4.79 Å². The maximum absolute atomic E-state index is 11.1. The molecule has 7 nitrogen and oxygen atoms in total. The molecule has 2 rings (SSSR count). The highest BCUT2D eigenvalue weighted by Gasteiger charge is 2.19. The molecule has 1 fully saturated rings. The highest BCUT2D eigenvalue weighted by atomic mass is 16.1. The Balaban J connectivity index is 2.16. The summed E-state index contributed by atoms with van der Waals surface area (Å²) in [6.45, 7) is 4.53. The fraction of sp³-hybridized carbons (Fsp3) is 0.583. The Morgan fingerprint density at radius 3 is 2.74 bits per heavy atom. The van der Waals surface area contributed by atoms with Gasteiger partial charge in [-0.25, -0.2) is 15.8 Å². The van der Waals surface area contributed by atoms with Crippen molar-refractivity contribution in [1.82, 2.24) is 15.3 Å². The van der Waals surface area contributed by atoms with Gasteiger partial charge in [-0.3, -0.25) is 4.79 Å². The van der Waals surface area contributed by atoms with Gasteiger partial charge in [-0.15, -0.1) is 0 Å². The minimum Gasteiger partial charge on any atom is -0.365 e. The summed E-state index contributed by atoms with van der Waals surface area (Å²) >= 11 is 0. The van der Waals surface area contributed by atoms with Crippen LogP contribution >= 0.6 is 0 Å². The number of rotatable bonds is 4. The highest BCUT2D eigenvalue weighted by Crippen LogP contribution is 2.21. The number of nitrogens with zero attached hydrogens (tertiary/aromatic N) is 2. The average molecular weight is 264 g/mol. The molecule has 1 amide bonds. The normalized spacial score (nSPS) is 18.9. The van der Waals surface area contributed by atoms with Gasteiger partial charge in [0.2, 0.25) is 5.91 Å². The van der Waals surface area contributed by atoms with Gasteiger partial charge in [0, 0.05) is 31.0 Å². The number of hydrazine groups is 1. The van der Waals surface area contributed by atoms with Gasteiger partial charge in [0.1, 0.15) is 17.5 Å². The second-order valence-corrected chi connectivity index (χ2v) is 4.64. The number of piperidine rings is 1. The molecular formula is C12H20N6O. The number of hydrogen-bond acceptors (Lipinski definition) is 6. The fourth-order valence-corrected chi connectivity index (χ4v) is 2.05. The van der Waals surface area contributed by atoms with E-state index < -0.39 is 0 Å². The molecule has 7 heteroatoms. The molecule has 19 heavy (non-hydrogen) atoms. The van der Waals surface area contributed by atoms with E-state index in [-0.39, 0.29) is 11.9 Å². The van der Waals surface area contributed by atoms with Crippen LogP contribution in [0.1, 0.15) is 31.2 Å². The number of aromatic nitrogens is 2. The molecule has 1 saturated heterocycles. The second kappa shape index (κ2) is 5.83. The summed E-state index contributed by atoms with van der Waals surface area (Å²) < 4.78 is 0. The predicted molar refractivity (Wildman–Crippen MR) is 73.6 cm³/mol. The number of amides is 1. The predicted octanol–water partition coefficient (Wildman–Crippen LogP) is 0.324. The van der Waals surface area contributed by atoms with Gasteiger partial charge >= 0.3 is 0 Å². The number of nitrogens with two attached hydrogens (primary N) is 1. The van der Waals surface area contributed by atoms with E-state index in [0.29, 0.717) is 18.8 Å². The van der Waals surface area contributed by atoms with Crippen LogP contribution in [0, 0.1) is 6.92 Å². The molecule has 2 heterocycles. The third-order valence-corrected chi connectivity index (χ3v) is 3.25. The highest BCUT2D eigenvalue weighted by molar-refractivity contribution is 5.77. The Hall–Kier alpha value is -1.89. The molecule has 1 unspecified atom stereocenters. The number of nitrogens with one attached hydrogen (secondary N) is 3. The molecule has 0 bridgehead atoms. The first-order valence-electron chi connectivity index (χ1n) is 6.51. The smallest absolute Gasteiger partial charge is 0.220 e. The molecule has 1 atom stereocenters. The third-order valence-electron chi connectivity index (χ3n) is 3.25. The van der Waals surface area contributed by atoms with E-state index >= 15 is 0 Å². The molecule has 0 saturated carbocycles. The van der Waals surface area contributed by atoms with E-state index in [2.05, 4.69) is 26.0 Å². The van der Waals surface area contributed by atoms with Crippen LogP contribution in [-0.4, -0.2) is 28.5 Å². The van der Waals surface area contributed by atoms with Crippen molar-refractivity contribution in [3.8, 4) is 0 Å². The summed E-state index contributed by atoms with van der Waals surface area (Å²) in [5.74, 6) is 7.73. The second-order valence-electron chi connectivity index (χ2n) is 4.64. The number of anilines is 2. The van der Waals surface area contributed by atoms with Gasteiger partial charge in [0.25, 0.3) is 0 Å². The van der Waals surface area contributed by atoms with Crippen LogP contribution in [0.2, 0.25) is 0 Å². The number of carbonyl (C=O) groups excluding carboxylic acids is 1.